The third-order valence-corrected chi connectivity index (χ3v) is 4.59. The molecule has 2 N–H and O–H groups in total. The van der Waals surface area contributed by atoms with Gasteiger partial charge in [-0.1, -0.05) is 38.1 Å². The molecule has 0 saturated carbocycles. The number of aryl methyl sites for hydroxylation is 1. The highest BCUT2D eigenvalue weighted by Gasteiger charge is 2.13. The lowest BCUT2D eigenvalue weighted by molar-refractivity contribution is 0.174. The maximum Gasteiger partial charge on any atom is 0.231 e. The van der Waals surface area contributed by atoms with E-state index in [1.165, 1.54) is 5.56 Å². The van der Waals surface area contributed by atoms with Gasteiger partial charge in [0.05, 0.1) is 0 Å². The van der Waals surface area contributed by atoms with Crippen LogP contribution in [-0.2, 0) is 6.54 Å². The molecule has 0 aliphatic carbocycles. The van der Waals surface area contributed by atoms with Crippen LogP contribution in [0, 0.1) is 6.92 Å². The molecule has 0 radical (unpaired) electrons. The number of nitrogens with one attached hydrogen (secondary N) is 2. The molecule has 0 bridgehead atoms. The van der Waals surface area contributed by atoms with Gasteiger partial charge in [-0.05, 0) is 42.2 Å². The predicted molar refractivity (Wildman–Crippen MR) is 110 cm³/mol. The van der Waals surface area contributed by atoms with Gasteiger partial charge in [-0.15, -0.1) is 0 Å². The number of rotatable bonds is 6. The standard InChI is InChI=1S/C22H24N4O2/c1-14(2)17-6-4-5-7-18(17)26-22-11-21(24-15(3)25-22)23-12-16-8-9-19-20(10-16)28-13-27-19/h4-11,14H,12-13H2,1-3H3,(H2,23,24,25,26). The molecule has 1 aromatic heterocycles. The Morgan fingerprint density at radius 1 is 0.964 bits per heavy atom. The van der Waals surface area contributed by atoms with Crippen LogP contribution in [0.3, 0.4) is 0 Å². The SMILES string of the molecule is Cc1nc(NCc2ccc3c(c2)OCO3)cc(Nc2ccccc2C(C)C)n1. The van der Waals surface area contributed by atoms with Gasteiger partial charge < -0.3 is 20.1 Å². The number of nitrogens with zero attached hydrogens (tertiary/aromatic N) is 2. The van der Waals surface area contributed by atoms with Gasteiger partial charge in [-0.25, -0.2) is 9.97 Å². The van der Waals surface area contributed by atoms with E-state index in [4.69, 9.17) is 9.47 Å². The molecule has 3 aromatic rings. The van der Waals surface area contributed by atoms with E-state index in [1.54, 1.807) is 0 Å². The molecule has 0 fully saturated rings. The lowest BCUT2D eigenvalue weighted by Gasteiger charge is -2.15. The van der Waals surface area contributed by atoms with Gasteiger partial charge in [0.2, 0.25) is 6.79 Å². The van der Waals surface area contributed by atoms with Crippen molar-refractivity contribution in [2.75, 3.05) is 17.4 Å². The molecule has 4 rings (SSSR count). The molecular weight excluding hydrogens is 352 g/mol. The second-order valence-corrected chi connectivity index (χ2v) is 7.09. The minimum absolute atomic E-state index is 0.282. The summed E-state index contributed by atoms with van der Waals surface area (Å²) in [5, 5.41) is 6.81. The molecule has 0 saturated heterocycles. The smallest absolute Gasteiger partial charge is 0.231 e. The van der Waals surface area contributed by atoms with E-state index in [1.807, 2.05) is 37.3 Å². The predicted octanol–water partition coefficient (Wildman–Crippen LogP) is 4.99. The fourth-order valence-corrected chi connectivity index (χ4v) is 3.22. The fourth-order valence-electron chi connectivity index (χ4n) is 3.22. The van der Waals surface area contributed by atoms with Crippen molar-refractivity contribution in [1.82, 2.24) is 9.97 Å². The summed E-state index contributed by atoms with van der Waals surface area (Å²) < 4.78 is 10.8. The molecule has 0 amide bonds. The first kappa shape index (κ1) is 18.1. The normalized spacial score (nSPS) is 12.3. The van der Waals surface area contributed by atoms with Crippen molar-refractivity contribution in [3.63, 3.8) is 0 Å². The van der Waals surface area contributed by atoms with Crippen molar-refractivity contribution in [2.45, 2.75) is 33.2 Å². The van der Waals surface area contributed by atoms with Crippen molar-refractivity contribution in [3.05, 3.63) is 65.5 Å². The average molecular weight is 376 g/mol. The second kappa shape index (κ2) is 7.76. The van der Waals surface area contributed by atoms with E-state index >= 15 is 0 Å². The summed E-state index contributed by atoms with van der Waals surface area (Å²) in [4.78, 5) is 9.04. The van der Waals surface area contributed by atoms with Crippen LogP contribution in [-0.4, -0.2) is 16.8 Å². The van der Waals surface area contributed by atoms with E-state index < -0.39 is 0 Å². The second-order valence-electron chi connectivity index (χ2n) is 7.09. The third-order valence-electron chi connectivity index (χ3n) is 4.59. The Kier molecular flexibility index (Phi) is 5.02. The lowest BCUT2D eigenvalue weighted by Crippen LogP contribution is -2.06. The number of fused-ring (bicyclic) bond motifs is 1. The van der Waals surface area contributed by atoms with Crippen molar-refractivity contribution in [1.29, 1.82) is 0 Å². The first-order valence-electron chi connectivity index (χ1n) is 9.42. The summed E-state index contributed by atoms with van der Waals surface area (Å²) in [5.41, 5.74) is 3.42. The molecule has 2 heterocycles. The highest BCUT2D eigenvalue weighted by molar-refractivity contribution is 5.63. The largest absolute Gasteiger partial charge is 0.454 e. The minimum atomic E-state index is 0.282. The van der Waals surface area contributed by atoms with Crippen molar-refractivity contribution >= 4 is 17.3 Å². The Bertz CT molecular complexity index is 988. The van der Waals surface area contributed by atoms with Gasteiger partial charge in [0.15, 0.2) is 11.5 Å². The van der Waals surface area contributed by atoms with Crippen LogP contribution in [0.4, 0.5) is 17.3 Å². The number of para-hydroxylation sites is 1. The molecule has 0 atom stereocenters. The summed E-state index contributed by atoms with van der Waals surface area (Å²) in [6.07, 6.45) is 0. The maximum atomic E-state index is 5.44. The minimum Gasteiger partial charge on any atom is -0.454 e. The Balaban J connectivity index is 1.50. The molecule has 6 nitrogen and oxygen atoms in total. The van der Waals surface area contributed by atoms with Crippen molar-refractivity contribution < 1.29 is 9.47 Å². The highest BCUT2D eigenvalue weighted by atomic mass is 16.7. The van der Waals surface area contributed by atoms with E-state index in [-0.39, 0.29) is 6.79 Å². The zero-order valence-corrected chi connectivity index (χ0v) is 16.3. The monoisotopic (exact) mass is 376 g/mol. The Morgan fingerprint density at radius 2 is 1.75 bits per heavy atom. The van der Waals surface area contributed by atoms with Crippen LogP contribution >= 0.6 is 0 Å². The first-order valence-corrected chi connectivity index (χ1v) is 9.42. The molecular formula is C22H24N4O2. The van der Waals surface area contributed by atoms with Gasteiger partial charge in [0.25, 0.3) is 0 Å². The number of hydrogen-bond donors (Lipinski definition) is 2. The van der Waals surface area contributed by atoms with Crippen LogP contribution in [0.2, 0.25) is 0 Å². The first-order chi connectivity index (χ1) is 13.6. The third kappa shape index (κ3) is 4.01. The van der Waals surface area contributed by atoms with Crippen LogP contribution in [0.25, 0.3) is 0 Å². The summed E-state index contributed by atoms with van der Waals surface area (Å²) in [5.74, 6) is 4.25. The molecule has 1 aliphatic heterocycles. The van der Waals surface area contributed by atoms with E-state index in [9.17, 15) is 0 Å². The highest BCUT2D eigenvalue weighted by Crippen LogP contribution is 2.32. The Morgan fingerprint density at radius 3 is 2.61 bits per heavy atom. The zero-order valence-electron chi connectivity index (χ0n) is 16.3. The van der Waals surface area contributed by atoms with E-state index in [0.29, 0.717) is 18.3 Å². The number of aromatic nitrogens is 2. The van der Waals surface area contributed by atoms with Crippen LogP contribution in [0.15, 0.2) is 48.5 Å². The molecule has 0 unspecified atom stereocenters. The van der Waals surface area contributed by atoms with Crippen LogP contribution in [0.5, 0.6) is 11.5 Å². The van der Waals surface area contributed by atoms with Gasteiger partial charge in [-0.3, -0.25) is 0 Å². The van der Waals surface area contributed by atoms with E-state index in [0.717, 1.165) is 34.4 Å². The van der Waals surface area contributed by atoms with Gasteiger partial charge in [0.1, 0.15) is 17.5 Å². The lowest BCUT2D eigenvalue weighted by atomic mass is 10.0. The maximum absolute atomic E-state index is 5.44. The average Bonchev–Trinajstić information content (AvgIpc) is 3.14. The molecule has 0 spiro atoms. The van der Waals surface area contributed by atoms with E-state index in [2.05, 4.69) is 52.6 Å². The van der Waals surface area contributed by atoms with Gasteiger partial charge in [-0.2, -0.15) is 0 Å². The Hall–Kier alpha value is -3.28. The number of ether oxygens (including phenoxy) is 2. The van der Waals surface area contributed by atoms with Crippen LogP contribution in [0.1, 0.15) is 36.7 Å². The molecule has 28 heavy (non-hydrogen) atoms. The fraction of sp³-hybridized carbons (Fsp3) is 0.273. The summed E-state index contributed by atoms with van der Waals surface area (Å²) >= 11 is 0. The molecule has 6 heteroatoms. The Labute approximate surface area is 164 Å². The summed E-state index contributed by atoms with van der Waals surface area (Å²) in [6, 6.07) is 16.2. The van der Waals surface area contributed by atoms with Crippen LogP contribution < -0.4 is 20.1 Å². The number of anilines is 3. The molecule has 1 aliphatic rings. The quantitative estimate of drug-likeness (QED) is 0.631. The number of benzene rings is 2. The van der Waals surface area contributed by atoms with Crippen molar-refractivity contribution in [3.8, 4) is 11.5 Å². The van der Waals surface area contributed by atoms with Crippen molar-refractivity contribution in [2.24, 2.45) is 0 Å². The van der Waals surface area contributed by atoms with Gasteiger partial charge in [0, 0.05) is 18.3 Å². The number of hydrogen-bond acceptors (Lipinski definition) is 6. The molecule has 2 aromatic carbocycles. The van der Waals surface area contributed by atoms with Gasteiger partial charge >= 0.3 is 0 Å². The summed E-state index contributed by atoms with van der Waals surface area (Å²) in [7, 11) is 0. The summed E-state index contributed by atoms with van der Waals surface area (Å²) in [6.45, 7) is 7.18. The molecule has 144 valence electrons. The zero-order chi connectivity index (χ0) is 19.5. The topological polar surface area (TPSA) is 68.3 Å².